The SMILES string of the molecule is CC(C)[Si](C#Cc1c(F)ccc2cc(C(=O)C(C)(C)C)cc(-c3ncc4c(N5C[C@H]6CC[C@@H](C5)N6C(=O)OC(C)(C)C)nc(OCC5(CO)CC5)nc4c3F)c12)(C(C)C)C(C)C. The largest absolute Gasteiger partial charge is 0.463 e. The third-order valence-electron chi connectivity index (χ3n) is 13.4. The normalized spacial score (nSPS) is 18.8. The van der Waals surface area contributed by atoms with Crippen LogP contribution < -0.4 is 9.64 Å². The van der Waals surface area contributed by atoms with Crippen molar-refractivity contribution in [3.63, 3.8) is 0 Å². The van der Waals surface area contributed by atoms with Gasteiger partial charge in [-0.15, -0.1) is 5.54 Å². The lowest BCUT2D eigenvalue weighted by atomic mass is 9.84. The zero-order valence-corrected chi connectivity index (χ0v) is 39.5. The number of Topliss-reactive ketones (excluding diaryl/α,β-unsaturated/α-hetero) is 1. The fourth-order valence-electron chi connectivity index (χ4n) is 9.86. The molecule has 1 saturated carbocycles. The Bertz CT molecular complexity index is 2440. The van der Waals surface area contributed by atoms with Crippen LogP contribution in [-0.2, 0) is 4.74 Å². The molecule has 2 bridgehead atoms. The molecule has 332 valence electrons. The van der Waals surface area contributed by atoms with Crippen LogP contribution in [0.25, 0.3) is 32.9 Å². The predicted molar refractivity (Wildman–Crippen MR) is 243 cm³/mol. The van der Waals surface area contributed by atoms with Gasteiger partial charge in [-0.2, -0.15) is 9.97 Å². The van der Waals surface area contributed by atoms with Gasteiger partial charge < -0.3 is 19.5 Å². The molecular formula is C49H63F2N5O5Si. The van der Waals surface area contributed by atoms with Crippen LogP contribution in [0.1, 0.15) is 125 Å². The molecule has 4 heterocycles. The molecule has 2 aromatic heterocycles. The second kappa shape index (κ2) is 16.5. The van der Waals surface area contributed by atoms with Crippen molar-refractivity contribution in [3.05, 3.63) is 53.2 Å². The summed E-state index contributed by atoms with van der Waals surface area (Å²) in [4.78, 5) is 45.5. The standard InChI is InChI=1S/C49H63F2N5O5Si/c1-28(2)62(29(3)4,30(5)6)20-17-35-38(50)16-13-31-21-32(43(58)47(7,8)9)22-36(39(31)35)41-40(51)42-37(23-52-41)44(54-45(53-42)60-27-49(26-57)18-19-49)55-24-33-14-15-34(25-55)56(33)46(59)61-48(10,11)12/h13,16,21-23,28-30,33-34,57H,14-15,18-19,24-27H2,1-12H3/t33-,34+. The molecule has 1 amide bonds. The third-order valence-corrected chi connectivity index (χ3v) is 19.7. The van der Waals surface area contributed by atoms with Gasteiger partial charge in [0.25, 0.3) is 0 Å². The van der Waals surface area contributed by atoms with E-state index in [4.69, 9.17) is 19.4 Å². The molecular weight excluding hydrogens is 805 g/mol. The monoisotopic (exact) mass is 867 g/mol. The second-order valence-corrected chi connectivity index (χ2v) is 26.5. The summed E-state index contributed by atoms with van der Waals surface area (Å²) in [5.74, 6) is 2.24. The number of aliphatic hydroxyl groups excluding tert-OH is 1. The van der Waals surface area contributed by atoms with E-state index in [-0.39, 0.29) is 82.1 Å². The van der Waals surface area contributed by atoms with Gasteiger partial charge in [0.2, 0.25) is 0 Å². The minimum Gasteiger partial charge on any atom is -0.463 e. The minimum absolute atomic E-state index is 0.0540. The number of rotatable bonds is 10. The number of hydrogen-bond donors (Lipinski definition) is 1. The van der Waals surface area contributed by atoms with E-state index in [2.05, 4.69) is 58.0 Å². The van der Waals surface area contributed by atoms with Gasteiger partial charge in [0.05, 0.1) is 36.2 Å². The van der Waals surface area contributed by atoms with Crippen molar-refractivity contribution in [1.82, 2.24) is 19.9 Å². The lowest BCUT2D eigenvalue weighted by Crippen LogP contribution is -2.57. The van der Waals surface area contributed by atoms with Gasteiger partial charge in [-0.1, -0.05) is 74.3 Å². The molecule has 7 rings (SSSR count). The van der Waals surface area contributed by atoms with E-state index < -0.39 is 36.1 Å². The van der Waals surface area contributed by atoms with Crippen molar-refractivity contribution in [2.24, 2.45) is 10.8 Å². The first-order valence-electron chi connectivity index (χ1n) is 22.2. The van der Waals surface area contributed by atoms with Gasteiger partial charge >= 0.3 is 12.1 Å². The van der Waals surface area contributed by atoms with Gasteiger partial charge in [0.1, 0.15) is 36.5 Å². The number of amides is 1. The van der Waals surface area contributed by atoms with Crippen LogP contribution in [0.5, 0.6) is 6.01 Å². The van der Waals surface area contributed by atoms with E-state index in [9.17, 15) is 14.7 Å². The molecule has 13 heteroatoms. The molecule has 2 saturated heterocycles. The topological polar surface area (TPSA) is 118 Å². The van der Waals surface area contributed by atoms with Gasteiger partial charge in [0, 0.05) is 46.6 Å². The van der Waals surface area contributed by atoms with Crippen molar-refractivity contribution in [2.75, 3.05) is 31.2 Å². The molecule has 62 heavy (non-hydrogen) atoms. The number of ether oxygens (including phenoxy) is 2. The number of nitrogens with zero attached hydrogens (tertiary/aromatic N) is 5. The summed E-state index contributed by atoms with van der Waals surface area (Å²) in [6.07, 6.45) is 4.30. The Morgan fingerprint density at radius 2 is 1.58 bits per heavy atom. The number of fused-ring (bicyclic) bond motifs is 4. The second-order valence-electron chi connectivity index (χ2n) is 20.9. The van der Waals surface area contributed by atoms with Crippen molar-refractivity contribution in [2.45, 2.75) is 143 Å². The third kappa shape index (κ3) is 8.41. The number of hydrogen-bond acceptors (Lipinski definition) is 9. The van der Waals surface area contributed by atoms with E-state index >= 15 is 8.78 Å². The highest BCUT2D eigenvalue weighted by Crippen LogP contribution is 2.46. The average Bonchev–Trinajstić information content (AvgIpc) is 3.92. The number of anilines is 1. The van der Waals surface area contributed by atoms with Crippen LogP contribution in [-0.4, -0.2) is 88.9 Å². The zero-order chi connectivity index (χ0) is 45.3. The molecule has 1 N–H and O–H groups in total. The smallest absolute Gasteiger partial charge is 0.410 e. The Balaban J connectivity index is 1.43. The number of carbonyl (C=O) groups is 2. The van der Waals surface area contributed by atoms with E-state index in [1.54, 1.807) is 18.2 Å². The average molecular weight is 868 g/mol. The Kier molecular flexibility index (Phi) is 12.0. The van der Waals surface area contributed by atoms with Gasteiger partial charge in [-0.3, -0.25) is 14.7 Å². The maximum atomic E-state index is 17.8. The van der Waals surface area contributed by atoms with E-state index in [1.807, 2.05) is 51.3 Å². The number of halogens is 2. The fourth-order valence-corrected chi connectivity index (χ4v) is 15.1. The first-order valence-corrected chi connectivity index (χ1v) is 24.4. The van der Waals surface area contributed by atoms with Crippen molar-refractivity contribution in [3.8, 4) is 28.7 Å². The van der Waals surface area contributed by atoms with E-state index in [0.29, 0.717) is 40.6 Å². The molecule has 0 spiro atoms. The van der Waals surface area contributed by atoms with Crippen LogP contribution in [0.4, 0.5) is 19.4 Å². The summed E-state index contributed by atoms with van der Waals surface area (Å²) < 4.78 is 46.1. The zero-order valence-electron chi connectivity index (χ0n) is 38.5. The molecule has 0 radical (unpaired) electrons. The van der Waals surface area contributed by atoms with Crippen LogP contribution in [0, 0.1) is 33.9 Å². The summed E-state index contributed by atoms with van der Waals surface area (Å²) in [7, 11) is -2.35. The summed E-state index contributed by atoms with van der Waals surface area (Å²) in [6, 6.07) is 5.96. The lowest BCUT2D eigenvalue weighted by molar-refractivity contribution is 0.0122. The van der Waals surface area contributed by atoms with Crippen molar-refractivity contribution < 1.29 is 33.0 Å². The first kappa shape index (κ1) is 45.4. The Labute approximate surface area is 366 Å². The van der Waals surface area contributed by atoms with Crippen LogP contribution in [0.15, 0.2) is 30.5 Å². The maximum Gasteiger partial charge on any atom is 0.410 e. The molecule has 1 aliphatic carbocycles. The molecule has 2 aliphatic heterocycles. The Morgan fingerprint density at radius 3 is 2.13 bits per heavy atom. The van der Waals surface area contributed by atoms with Crippen molar-refractivity contribution >= 4 is 47.4 Å². The Hall–Kier alpha value is -4.67. The van der Waals surface area contributed by atoms with Crippen LogP contribution in [0.2, 0.25) is 16.6 Å². The maximum absolute atomic E-state index is 17.8. The highest BCUT2D eigenvalue weighted by atomic mass is 28.3. The molecule has 10 nitrogen and oxygen atoms in total. The quantitative estimate of drug-likeness (QED) is 0.0944. The highest BCUT2D eigenvalue weighted by molar-refractivity contribution is 6.90. The molecule has 2 atom stereocenters. The first-order chi connectivity index (χ1) is 29.0. The number of piperazine rings is 1. The molecule has 0 unspecified atom stereocenters. The number of aliphatic hydroxyl groups is 1. The summed E-state index contributed by atoms with van der Waals surface area (Å²) in [5, 5.41) is 11.3. The number of carbonyl (C=O) groups excluding carboxylic acids is 2. The molecule has 3 fully saturated rings. The van der Waals surface area contributed by atoms with Gasteiger partial charge in [-0.25, -0.2) is 13.6 Å². The molecule has 2 aromatic carbocycles. The molecule has 3 aliphatic rings. The number of benzene rings is 2. The van der Waals surface area contributed by atoms with E-state index in [1.165, 1.54) is 12.3 Å². The highest BCUT2D eigenvalue weighted by Gasteiger charge is 2.46. The fraction of sp³-hybridized carbons (Fsp3) is 0.571. The molecule has 4 aromatic rings. The summed E-state index contributed by atoms with van der Waals surface area (Å²) >= 11 is 0. The van der Waals surface area contributed by atoms with Crippen molar-refractivity contribution in [1.29, 1.82) is 0 Å². The summed E-state index contributed by atoms with van der Waals surface area (Å²) in [5.41, 5.74) is 3.24. The van der Waals surface area contributed by atoms with Gasteiger partial charge in [0.15, 0.2) is 11.6 Å². The minimum atomic E-state index is -2.35. The van der Waals surface area contributed by atoms with Crippen LogP contribution >= 0.6 is 0 Å². The number of ketones is 1. The van der Waals surface area contributed by atoms with Gasteiger partial charge in [-0.05, 0) is 86.7 Å². The predicted octanol–water partition coefficient (Wildman–Crippen LogP) is 10.7. The summed E-state index contributed by atoms with van der Waals surface area (Å²) in [6.45, 7) is 25.1. The number of pyridine rings is 1. The Morgan fingerprint density at radius 1 is 0.952 bits per heavy atom. The lowest BCUT2D eigenvalue weighted by Gasteiger charge is -2.42. The number of aromatic nitrogens is 3. The van der Waals surface area contributed by atoms with E-state index in [0.717, 1.165) is 25.7 Å². The van der Waals surface area contributed by atoms with Crippen LogP contribution in [0.3, 0.4) is 0 Å².